The quantitative estimate of drug-likeness (QED) is 0.468. The second kappa shape index (κ2) is 8.75. The van der Waals surface area contributed by atoms with Crippen LogP contribution in [0.1, 0.15) is 35.3 Å². The number of nitro groups is 1. The number of non-ortho nitro benzene ring substituents is 1. The van der Waals surface area contributed by atoms with Crippen LogP contribution in [0.15, 0.2) is 47.6 Å². The third-order valence-electron chi connectivity index (χ3n) is 4.01. The number of hydrazone groups is 1. The molecule has 7 nitrogen and oxygen atoms in total. The smallest absolute Gasteiger partial charge is 0.271 e. The van der Waals surface area contributed by atoms with E-state index in [4.69, 9.17) is 0 Å². The van der Waals surface area contributed by atoms with E-state index in [0.717, 1.165) is 24.3 Å². The highest BCUT2D eigenvalue weighted by atomic mass is 16.6. The summed E-state index contributed by atoms with van der Waals surface area (Å²) in [7, 11) is 0. The van der Waals surface area contributed by atoms with Gasteiger partial charge in [0.25, 0.3) is 11.6 Å². The number of amides is 1. The fraction of sp³-hybridized carbons (Fsp3) is 0.263. The monoisotopic (exact) mass is 354 g/mol. The van der Waals surface area contributed by atoms with Gasteiger partial charge < -0.3 is 4.90 Å². The Balaban J connectivity index is 2.23. The molecule has 1 N–H and O–H groups in total. The molecule has 0 radical (unpaired) electrons. The molecule has 0 aliphatic heterocycles. The number of benzene rings is 2. The van der Waals surface area contributed by atoms with E-state index in [1.807, 2.05) is 32.9 Å². The van der Waals surface area contributed by atoms with Crippen molar-refractivity contribution in [3.63, 3.8) is 0 Å². The van der Waals surface area contributed by atoms with Gasteiger partial charge >= 0.3 is 0 Å². The molecular weight excluding hydrogens is 332 g/mol. The Morgan fingerprint density at radius 3 is 2.42 bits per heavy atom. The molecule has 0 saturated carbocycles. The maximum Gasteiger partial charge on any atom is 0.271 e. The van der Waals surface area contributed by atoms with Gasteiger partial charge in [0.1, 0.15) is 0 Å². The van der Waals surface area contributed by atoms with Gasteiger partial charge in [-0.15, -0.1) is 0 Å². The summed E-state index contributed by atoms with van der Waals surface area (Å²) >= 11 is 0. The van der Waals surface area contributed by atoms with Gasteiger partial charge in [-0.1, -0.05) is 17.7 Å². The maximum atomic E-state index is 12.1. The van der Waals surface area contributed by atoms with Crippen LogP contribution in [0.25, 0.3) is 0 Å². The number of nitrogens with zero attached hydrogens (tertiary/aromatic N) is 3. The van der Waals surface area contributed by atoms with E-state index in [2.05, 4.69) is 15.4 Å². The minimum absolute atomic E-state index is 0.0211. The molecular formula is C19H22N4O3. The molecule has 2 rings (SSSR count). The number of carbonyl (C=O) groups is 1. The molecule has 0 spiro atoms. The summed E-state index contributed by atoms with van der Waals surface area (Å²) in [5.74, 6) is -0.337. The highest BCUT2D eigenvalue weighted by Gasteiger charge is 2.13. The lowest BCUT2D eigenvalue weighted by atomic mass is 10.1. The number of hydrogen-bond donors (Lipinski definition) is 1. The van der Waals surface area contributed by atoms with Crippen LogP contribution in [0.5, 0.6) is 0 Å². The largest absolute Gasteiger partial charge is 0.372 e. The molecule has 2 aromatic rings. The van der Waals surface area contributed by atoms with Gasteiger partial charge in [0.15, 0.2) is 0 Å². The average molecular weight is 354 g/mol. The third-order valence-corrected chi connectivity index (χ3v) is 4.01. The van der Waals surface area contributed by atoms with E-state index in [-0.39, 0.29) is 11.6 Å². The summed E-state index contributed by atoms with van der Waals surface area (Å²) in [5.41, 5.74) is 5.40. The van der Waals surface area contributed by atoms with Gasteiger partial charge in [-0.2, -0.15) is 5.10 Å². The van der Waals surface area contributed by atoms with Crippen LogP contribution >= 0.6 is 0 Å². The van der Waals surface area contributed by atoms with E-state index >= 15 is 0 Å². The van der Waals surface area contributed by atoms with E-state index in [0.29, 0.717) is 11.1 Å². The number of rotatable bonds is 7. The van der Waals surface area contributed by atoms with Gasteiger partial charge in [-0.3, -0.25) is 14.9 Å². The van der Waals surface area contributed by atoms with Crippen LogP contribution in [-0.2, 0) is 0 Å². The highest BCUT2D eigenvalue weighted by molar-refractivity contribution is 5.95. The summed E-state index contributed by atoms with van der Waals surface area (Å²) in [6.45, 7) is 7.46. The zero-order valence-corrected chi connectivity index (χ0v) is 15.1. The van der Waals surface area contributed by atoms with Crippen LogP contribution in [0, 0.1) is 17.0 Å². The van der Waals surface area contributed by atoms with Crippen molar-refractivity contribution in [1.29, 1.82) is 0 Å². The standard InChI is InChI=1S/C19H22N4O3/c1-4-22(5-2)18-11-10-17(23(25)26)12-16(18)13-20-21-19(24)15-8-6-14(3)7-9-15/h6-13H,4-5H2,1-3H3,(H,21,24). The van der Waals surface area contributed by atoms with Crippen molar-refractivity contribution in [2.24, 2.45) is 5.10 Å². The maximum absolute atomic E-state index is 12.1. The molecule has 0 fully saturated rings. The summed E-state index contributed by atoms with van der Waals surface area (Å²) in [4.78, 5) is 24.8. The predicted molar refractivity (Wildman–Crippen MR) is 103 cm³/mol. The number of nitro benzene ring substituents is 1. The zero-order valence-electron chi connectivity index (χ0n) is 15.1. The molecule has 1 amide bonds. The Morgan fingerprint density at radius 2 is 1.85 bits per heavy atom. The van der Waals surface area contributed by atoms with Crippen LogP contribution in [-0.4, -0.2) is 30.1 Å². The topological polar surface area (TPSA) is 87.8 Å². The minimum Gasteiger partial charge on any atom is -0.372 e. The summed E-state index contributed by atoms with van der Waals surface area (Å²) in [6, 6.07) is 11.7. The molecule has 0 saturated heterocycles. The van der Waals surface area contributed by atoms with Crippen molar-refractivity contribution in [1.82, 2.24) is 5.43 Å². The Labute approximate surface area is 152 Å². The lowest BCUT2D eigenvalue weighted by molar-refractivity contribution is -0.384. The Morgan fingerprint density at radius 1 is 1.19 bits per heavy atom. The molecule has 26 heavy (non-hydrogen) atoms. The van der Waals surface area contributed by atoms with Crippen molar-refractivity contribution in [3.8, 4) is 0 Å². The minimum atomic E-state index is -0.450. The SMILES string of the molecule is CCN(CC)c1ccc([N+](=O)[O-])cc1C=NNC(=O)c1ccc(C)cc1. The fourth-order valence-electron chi connectivity index (χ4n) is 2.54. The Kier molecular flexibility index (Phi) is 6.43. The first-order valence-corrected chi connectivity index (χ1v) is 8.39. The molecule has 136 valence electrons. The zero-order chi connectivity index (χ0) is 19.1. The number of hydrogen-bond acceptors (Lipinski definition) is 5. The van der Waals surface area contributed by atoms with Gasteiger partial charge in [0.2, 0.25) is 0 Å². The fourth-order valence-corrected chi connectivity index (χ4v) is 2.54. The molecule has 0 aliphatic carbocycles. The third kappa shape index (κ3) is 4.66. The molecule has 2 aromatic carbocycles. The first-order valence-electron chi connectivity index (χ1n) is 8.39. The molecule has 0 aromatic heterocycles. The average Bonchev–Trinajstić information content (AvgIpc) is 2.64. The summed E-state index contributed by atoms with van der Waals surface area (Å²) in [6.07, 6.45) is 1.44. The van der Waals surface area contributed by atoms with Crippen molar-refractivity contribution in [2.45, 2.75) is 20.8 Å². The lowest BCUT2D eigenvalue weighted by Gasteiger charge is -2.22. The normalized spacial score (nSPS) is 10.7. The van der Waals surface area contributed by atoms with Crippen molar-refractivity contribution in [2.75, 3.05) is 18.0 Å². The van der Waals surface area contributed by atoms with Gasteiger partial charge in [0.05, 0.1) is 11.1 Å². The molecule has 0 unspecified atom stereocenters. The van der Waals surface area contributed by atoms with E-state index in [1.165, 1.54) is 18.3 Å². The van der Waals surface area contributed by atoms with Crippen LogP contribution in [0.4, 0.5) is 11.4 Å². The molecule has 0 bridgehead atoms. The lowest BCUT2D eigenvalue weighted by Crippen LogP contribution is -2.23. The number of aryl methyl sites for hydroxylation is 1. The number of carbonyl (C=O) groups excluding carboxylic acids is 1. The second-order valence-electron chi connectivity index (χ2n) is 5.74. The van der Waals surface area contributed by atoms with Crippen molar-refractivity contribution in [3.05, 3.63) is 69.3 Å². The van der Waals surface area contributed by atoms with Gasteiger partial charge in [0, 0.05) is 42.0 Å². The molecule has 0 heterocycles. The second-order valence-corrected chi connectivity index (χ2v) is 5.74. The van der Waals surface area contributed by atoms with Crippen LogP contribution < -0.4 is 10.3 Å². The Hall–Kier alpha value is -3.22. The highest BCUT2D eigenvalue weighted by Crippen LogP contribution is 2.24. The summed E-state index contributed by atoms with van der Waals surface area (Å²) < 4.78 is 0. The van der Waals surface area contributed by atoms with E-state index < -0.39 is 4.92 Å². The van der Waals surface area contributed by atoms with Gasteiger partial charge in [-0.25, -0.2) is 5.43 Å². The predicted octanol–water partition coefficient (Wildman–Crippen LogP) is 3.51. The molecule has 0 atom stereocenters. The first kappa shape index (κ1) is 19.1. The van der Waals surface area contributed by atoms with Crippen LogP contribution in [0.2, 0.25) is 0 Å². The van der Waals surface area contributed by atoms with Crippen molar-refractivity contribution >= 4 is 23.5 Å². The summed E-state index contributed by atoms with van der Waals surface area (Å²) in [5, 5.41) is 15.0. The Bertz CT molecular complexity index is 812. The molecule has 7 heteroatoms. The number of nitrogens with one attached hydrogen (secondary N) is 1. The van der Waals surface area contributed by atoms with E-state index in [9.17, 15) is 14.9 Å². The van der Waals surface area contributed by atoms with E-state index in [1.54, 1.807) is 18.2 Å². The first-order chi connectivity index (χ1) is 12.5. The number of anilines is 1. The van der Waals surface area contributed by atoms with Crippen LogP contribution in [0.3, 0.4) is 0 Å². The van der Waals surface area contributed by atoms with Crippen molar-refractivity contribution < 1.29 is 9.72 Å². The molecule has 0 aliphatic rings. The van der Waals surface area contributed by atoms with Gasteiger partial charge in [-0.05, 0) is 39.0 Å².